The first-order chi connectivity index (χ1) is 6.88. The standard InChI is InChI=1S/C12H19NO.ClH/c1-3-9-13-10-11-7-5-6-8-12(11)14-4-2;/h5-8,13H,3-4,9-10H2,1-2H3;1H. The smallest absolute Gasteiger partial charge is 0.123 e. The fourth-order valence-corrected chi connectivity index (χ4v) is 1.35. The second kappa shape index (κ2) is 8.57. The van der Waals surface area contributed by atoms with Crippen LogP contribution in [0.15, 0.2) is 24.3 Å². The van der Waals surface area contributed by atoms with Crippen molar-refractivity contribution in [3.63, 3.8) is 0 Å². The largest absolute Gasteiger partial charge is 0.494 e. The van der Waals surface area contributed by atoms with Crippen molar-refractivity contribution in [3.05, 3.63) is 29.8 Å². The number of benzene rings is 1. The summed E-state index contributed by atoms with van der Waals surface area (Å²) < 4.78 is 5.53. The first-order valence-corrected chi connectivity index (χ1v) is 5.30. The second-order valence-electron chi connectivity index (χ2n) is 3.22. The molecule has 0 bridgehead atoms. The summed E-state index contributed by atoms with van der Waals surface area (Å²) in [7, 11) is 0. The third-order valence-electron chi connectivity index (χ3n) is 2.01. The summed E-state index contributed by atoms with van der Waals surface area (Å²) >= 11 is 0. The fraction of sp³-hybridized carbons (Fsp3) is 0.500. The van der Waals surface area contributed by atoms with Gasteiger partial charge >= 0.3 is 0 Å². The van der Waals surface area contributed by atoms with Crippen LogP contribution in [0.25, 0.3) is 0 Å². The summed E-state index contributed by atoms with van der Waals surface area (Å²) in [5.41, 5.74) is 1.24. The van der Waals surface area contributed by atoms with Crippen LogP contribution in [0.3, 0.4) is 0 Å². The minimum Gasteiger partial charge on any atom is -0.494 e. The normalized spacial score (nSPS) is 9.47. The van der Waals surface area contributed by atoms with Crippen molar-refractivity contribution in [1.82, 2.24) is 5.32 Å². The maximum atomic E-state index is 5.53. The van der Waals surface area contributed by atoms with Gasteiger partial charge in [-0.3, -0.25) is 0 Å². The lowest BCUT2D eigenvalue weighted by atomic mass is 10.2. The van der Waals surface area contributed by atoms with Crippen LogP contribution in [-0.4, -0.2) is 13.2 Å². The second-order valence-corrected chi connectivity index (χ2v) is 3.22. The number of hydrogen-bond donors (Lipinski definition) is 1. The van der Waals surface area contributed by atoms with Crippen LogP contribution < -0.4 is 10.1 Å². The molecule has 1 rings (SSSR count). The lowest BCUT2D eigenvalue weighted by Crippen LogP contribution is -2.14. The van der Waals surface area contributed by atoms with Gasteiger partial charge in [0.2, 0.25) is 0 Å². The van der Waals surface area contributed by atoms with Gasteiger partial charge in [0.25, 0.3) is 0 Å². The molecule has 2 nitrogen and oxygen atoms in total. The number of ether oxygens (including phenoxy) is 1. The van der Waals surface area contributed by atoms with Crippen molar-refractivity contribution in [3.8, 4) is 5.75 Å². The number of halogens is 1. The van der Waals surface area contributed by atoms with Crippen molar-refractivity contribution in [1.29, 1.82) is 0 Å². The van der Waals surface area contributed by atoms with Gasteiger partial charge < -0.3 is 10.1 Å². The van der Waals surface area contributed by atoms with E-state index in [1.807, 2.05) is 25.1 Å². The van der Waals surface area contributed by atoms with Crippen molar-refractivity contribution >= 4 is 12.4 Å². The molecule has 0 spiro atoms. The molecule has 0 saturated heterocycles. The number of hydrogen-bond acceptors (Lipinski definition) is 2. The molecule has 0 heterocycles. The SMILES string of the molecule is CCCNCc1ccccc1OCC.Cl. The minimum absolute atomic E-state index is 0. The summed E-state index contributed by atoms with van der Waals surface area (Å²) in [5, 5.41) is 3.37. The van der Waals surface area contributed by atoms with Crippen LogP contribution in [0.1, 0.15) is 25.8 Å². The van der Waals surface area contributed by atoms with Gasteiger partial charge in [-0.05, 0) is 26.0 Å². The number of para-hydroxylation sites is 1. The van der Waals surface area contributed by atoms with E-state index < -0.39 is 0 Å². The highest BCUT2D eigenvalue weighted by molar-refractivity contribution is 5.85. The molecule has 0 aliphatic heterocycles. The molecule has 0 amide bonds. The van der Waals surface area contributed by atoms with E-state index in [2.05, 4.69) is 18.3 Å². The Bertz CT molecular complexity index is 266. The van der Waals surface area contributed by atoms with E-state index in [0.29, 0.717) is 0 Å². The maximum absolute atomic E-state index is 5.53. The summed E-state index contributed by atoms with van der Waals surface area (Å²) in [6, 6.07) is 8.18. The zero-order chi connectivity index (χ0) is 10.2. The lowest BCUT2D eigenvalue weighted by molar-refractivity contribution is 0.335. The van der Waals surface area contributed by atoms with Gasteiger partial charge in [0, 0.05) is 12.1 Å². The third kappa shape index (κ3) is 5.05. The molecule has 0 aliphatic rings. The summed E-state index contributed by atoms with van der Waals surface area (Å²) in [6.45, 7) is 6.85. The molecule has 0 atom stereocenters. The van der Waals surface area contributed by atoms with E-state index in [0.717, 1.165) is 31.9 Å². The molecular weight excluding hydrogens is 210 g/mol. The highest BCUT2D eigenvalue weighted by atomic mass is 35.5. The highest BCUT2D eigenvalue weighted by Gasteiger charge is 2.00. The monoisotopic (exact) mass is 229 g/mol. The molecule has 0 saturated carbocycles. The molecule has 1 aromatic rings. The zero-order valence-corrected chi connectivity index (χ0v) is 10.3. The van der Waals surface area contributed by atoms with Crippen molar-refractivity contribution in [2.75, 3.05) is 13.2 Å². The molecule has 0 aromatic heterocycles. The van der Waals surface area contributed by atoms with Crippen LogP contribution in [0.5, 0.6) is 5.75 Å². The predicted octanol–water partition coefficient (Wildman–Crippen LogP) is 3.01. The zero-order valence-electron chi connectivity index (χ0n) is 9.45. The van der Waals surface area contributed by atoms with E-state index in [9.17, 15) is 0 Å². The first kappa shape index (κ1) is 14.3. The van der Waals surface area contributed by atoms with Crippen LogP contribution in [0.4, 0.5) is 0 Å². The quantitative estimate of drug-likeness (QED) is 0.758. The Hall–Kier alpha value is -0.730. The van der Waals surface area contributed by atoms with Gasteiger partial charge in [-0.25, -0.2) is 0 Å². The van der Waals surface area contributed by atoms with Gasteiger partial charge in [0.1, 0.15) is 5.75 Å². The van der Waals surface area contributed by atoms with Gasteiger partial charge in [-0.1, -0.05) is 25.1 Å². The third-order valence-corrected chi connectivity index (χ3v) is 2.01. The van der Waals surface area contributed by atoms with Crippen LogP contribution in [-0.2, 0) is 6.54 Å². The molecule has 0 radical (unpaired) electrons. The fourth-order valence-electron chi connectivity index (χ4n) is 1.35. The van der Waals surface area contributed by atoms with Gasteiger partial charge in [0.05, 0.1) is 6.61 Å². The summed E-state index contributed by atoms with van der Waals surface area (Å²) in [5.74, 6) is 0.999. The maximum Gasteiger partial charge on any atom is 0.123 e. The molecule has 1 aromatic carbocycles. The van der Waals surface area contributed by atoms with Crippen LogP contribution in [0, 0.1) is 0 Å². The van der Waals surface area contributed by atoms with Crippen LogP contribution >= 0.6 is 12.4 Å². The van der Waals surface area contributed by atoms with E-state index in [1.165, 1.54) is 5.56 Å². The van der Waals surface area contributed by atoms with E-state index >= 15 is 0 Å². The molecule has 15 heavy (non-hydrogen) atoms. The van der Waals surface area contributed by atoms with Crippen molar-refractivity contribution in [2.45, 2.75) is 26.8 Å². The average molecular weight is 230 g/mol. The summed E-state index contributed by atoms with van der Waals surface area (Å²) in [6.07, 6.45) is 1.16. The molecule has 0 fully saturated rings. The number of rotatable bonds is 6. The van der Waals surface area contributed by atoms with E-state index in [4.69, 9.17) is 4.74 Å². The topological polar surface area (TPSA) is 21.3 Å². The van der Waals surface area contributed by atoms with Gasteiger partial charge in [-0.2, -0.15) is 0 Å². The van der Waals surface area contributed by atoms with Crippen molar-refractivity contribution < 1.29 is 4.74 Å². The molecule has 1 N–H and O–H groups in total. The van der Waals surface area contributed by atoms with Crippen molar-refractivity contribution in [2.24, 2.45) is 0 Å². The number of nitrogens with one attached hydrogen (secondary N) is 1. The van der Waals surface area contributed by atoms with Gasteiger partial charge in [-0.15, -0.1) is 12.4 Å². The van der Waals surface area contributed by atoms with Crippen LogP contribution in [0.2, 0.25) is 0 Å². The Morgan fingerprint density at radius 2 is 1.93 bits per heavy atom. The Morgan fingerprint density at radius 1 is 1.20 bits per heavy atom. The lowest BCUT2D eigenvalue weighted by Gasteiger charge is -2.10. The highest BCUT2D eigenvalue weighted by Crippen LogP contribution is 2.17. The minimum atomic E-state index is 0. The van der Waals surface area contributed by atoms with E-state index in [-0.39, 0.29) is 12.4 Å². The molecule has 3 heteroatoms. The molecule has 0 unspecified atom stereocenters. The Kier molecular flexibility index (Phi) is 8.15. The Morgan fingerprint density at radius 3 is 2.60 bits per heavy atom. The first-order valence-electron chi connectivity index (χ1n) is 5.30. The van der Waals surface area contributed by atoms with E-state index in [1.54, 1.807) is 0 Å². The summed E-state index contributed by atoms with van der Waals surface area (Å²) in [4.78, 5) is 0. The molecular formula is C12H20ClNO. The molecule has 86 valence electrons. The predicted molar refractivity (Wildman–Crippen MR) is 66.9 cm³/mol. The molecule has 0 aliphatic carbocycles. The Labute approximate surface area is 98.4 Å². The average Bonchev–Trinajstić information content (AvgIpc) is 2.21. The van der Waals surface area contributed by atoms with Gasteiger partial charge in [0.15, 0.2) is 0 Å². The Balaban J connectivity index is 0.00000196.